The van der Waals surface area contributed by atoms with Gasteiger partial charge in [-0.15, -0.1) is 11.3 Å². The normalized spacial score (nSPS) is 10.6. The van der Waals surface area contributed by atoms with E-state index in [2.05, 4.69) is 22.4 Å². The number of nitrogens with one attached hydrogen (secondary N) is 1. The van der Waals surface area contributed by atoms with Gasteiger partial charge in [0.2, 0.25) is 0 Å². The van der Waals surface area contributed by atoms with Gasteiger partial charge in [0.1, 0.15) is 0 Å². The first-order chi connectivity index (χ1) is 7.81. The van der Waals surface area contributed by atoms with Crippen LogP contribution in [-0.4, -0.2) is 18.6 Å². The van der Waals surface area contributed by atoms with Gasteiger partial charge in [-0.05, 0) is 20.0 Å². The van der Waals surface area contributed by atoms with E-state index >= 15 is 0 Å². The van der Waals surface area contributed by atoms with Gasteiger partial charge in [-0.25, -0.2) is 4.98 Å². The Morgan fingerprint density at radius 3 is 2.75 bits per heavy atom. The molecular formula is C12H15N3S. The van der Waals surface area contributed by atoms with Gasteiger partial charge in [0.15, 0.2) is 5.13 Å². The van der Waals surface area contributed by atoms with Gasteiger partial charge in [-0.1, -0.05) is 30.3 Å². The predicted octanol–water partition coefficient (Wildman–Crippen LogP) is 2.15. The molecule has 2 rings (SSSR count). The Morgan fingerprint density at radius 1 is 1.31 bits per heavy atom. The summed E-state index contributed by atoms with van der Waals surface area (Å²) in [5.41, 5.74) is 7.94. The minimum Gasteiger partial charge on any atom is -0.375 e. The molecular weight excluding hydrogens is 218 g/mol. The van der Waals surface area contributed by atoms with Gasteiger partial charge in [-0.3, -0.25) is 0 Å². The number of nitrogen functional groups attached to an aromatic ring is 1. The summed E-state index contributed by atoms with van der Waals surface area (Å²) in [7, 11) is 1.95. The number of nitrogens with two attached hydrogens (primary N) is 1. The van der Waals surface area contributed by atoms with Crippen LogP contribution in [-0.2, 0) is 6.42 Å². The first kappa shape index (κ1) is 11.1. The van der Waals surface area contributed by atoms with Crippen molar-refractivity contribution in [3.8, 4) is 11.3 Å². The van der Waals surface area contributed by atoms with Crippen molar-refractivity contribution in [3.05, 3.63) is 35.2 Å². The Kier molecular flexibility index (Phi) is 3.54. The van der Waals surface area contributed by atoms with E-state index in [4.69, 9.17) is 5.73 Å². The molecule has 0 aliphatic rings. The summed E-state index contributed by atoms with van der Waals surface area (Å²) in [5, 5.41) is 3.79. The molecule has 3 nitrogen and oxygen atoms in total. The monoisotopic (exact) mass is 233 g/mol. The van der Waals surface area contributed by atoms with E-state index in [9.17, 15) is 0 Å². The van der Waals surface area contributed by atoms with Crippen molar-refractivity contribution < 1.29 is 0 Å². The van der Waals surface area contributed by atoms with Crippen molar-refractivity contribution in [2.24, 2.45) is 0 Å². The van der Waals surface area contributed by atoms with Crippen molar-refractivity contribution in [3.63, 3.8) is 0 Å². The van der Waals surface area contributed by atoms with E-state index in [1.165, 1.54) is 4.88 Å². The fraction of sp³-hybridized carbons (Fsp3) is 0.250. The highest BCUT2D eigenvalue weighted by Crippen LogP contribution is 2.29. The molecule has 0 aliphatic carbocycles. The maximum atomic E-state index is 5.78. The lowest BCUT2D eigenvalue weighted by molar-refractivity contribution is 0.799. The predicted molar refractivity (Wildman–Crippen MR) is 69.6 cm³/mol. The molecule has 0 bridgehead atoms. The molecule has 0 fully saturated rings. The maximum absolute atomic E-state index is 5.78. The minimum absolute atomic E-state index is 0.643. The first-order valence-electron chi connectivity index (χ1n) is 5.26. The van der Waals surface area contributed by atoms with Crippen LogP contribution in [0.4, 0.5) is 5.13 Å². The van der Waals surface area contributed by atoms with Gasteiger partial charge in [0.05, 0.1) is 5.69 Å². The molecule has 16 heavy (non-hydrogen) atoms. The van der Waals surface area contributed by atoms with Crippen LogP contribution in [0.3, 0.4) is 0 Å². The number of rotatable bonds is 4. The van der Waals surface area contributed by atoms with Crippen LogP contribution < -0.4 is 11.1 Å². The van der Waals surface area contributed by atoms with Crippen LogP contribution in [0.1, 0.15) is 4.88 Å². The molecule has 4 heteroatoms. The Labute approximate surface area is 99.3 Å². The second kappa shape index (κ2) is 5.09. The molecule has 1 heterocycles. The zero-order valence-corrected chi connectivity index (χ0v) is 10.1. The maximum Gasteiger partial charge on any atom is 0.180 e. The molecule has 2 aromatic rings. The van der Waals surface area contributed by atoms with Crippen LogP contribution in [0.5, 0.6) is 0 Å². The third kappa shape index (κ3) is 2.40. The number of likely N-dealkylation sites (N-methyl/N-ethyl adjacent to an activating group) is 1. The topological polar surface area (TPSA) is 50.9 Å². The number of thiazole rings is 1. The number of anilines is 1. The average molecular weight is 233 g/mol. The molecule has 0 aliphatic heterocycles. The van der Waals surface area contributed by atoms with Crippen LogP contribution in [0.2, 0.25) is 0 Å². The zero-order chi connectivity index (χ0) is 11.4. The smallest absolute Gasteiger partial charge is 0.180 e. The Balaban J connectivity index is 2.33. The lowest BCUT2D eigenvalue weighted by Gasteiger charge is -2.01. The summed E-state index contributed by atoms with van der Waals surface area (Å²) in [5.74, 6) is 0. The highest BCUT2D eigenvalue weighted by molar-refractivity contribution is 7.15. The summed E-state index contributed by atoms with van der Waals surface area (Å²) >= 11 is 1.58. The van der Waals surface area contributed by atoms with Crippen LogP contribution in [0.25, 0.3) is 11.3 Å². The van der Waals surface area contributed by atoms with E-state index in [-0.39, 0.29) is 0 Å². The fourth-order valence-electron chi connectivity index (χ4n) is 1.60. The van der Waals surface area contributed by atoms with E-state index in [1.807, 2.05) is 25.2 Å². The molecule has 1 aromatic carbocycles. The number of hydrogen-bond donors (Lipinski definition) is 2. The molecule has 3 N–H and O–H groups in total. The zero-order valence-electron chi connectivity index (χ0n) is 9.23. The minimum atomic E-state index is 0.643. The highest BCUT2D eigenvalue weighted by Gasteiger charge is 2.10. The number of benzene rings is 1. The number of hydrogen-bond acceptors (Lipinski definition) is 4. The molecule has 0 spiro atoms. The highest BCUT2D eigenvalue weighted by atomic mass is 32.1. The summed E-state index contributed by atoms with van der Waals surface area (Å²) in [6, 6.07) is 10.2. The van der Waals surface area contributed by atoms with Gasteiger partial charge in [0.25, 0.3) is 0 Å². The second-order valence-electron chi connectivity index (χ2n) is 3.54. The van der Waals surface area contributed by atoms with E-state index < -0.39 is 0 Å². The molecule has 84 valence electrons. The number of aromatic nitrogens is 1. The average Bonchev–Trinajstić information content (AvgIpc) is 2.69. The van der Waals surface area contributed by atoms with Gasteiger partial charge >= 0.3 is 0 Å². The third-order valence-corrected chi connectivity index (χ3v) is 3.31. The first-order valence-corrected chi connectivity index (χ1v) is 6.08. The van der Waals surface area contributed by atoms with Crippen LogP contribution in [0.15, 0.2) is 30.3 Å². The Morgan fingerprint density at radius 2 is 2.06 bits per heavy atom. The largest absolute Gasteiger partial charge is 0.375 e. The van der Waals surface area contributed by atoms with Crippen molar-refractivity contribution >= 4 is 16.5 Å². The van der Waals surface area contributed by atoms with Crippen molar-refractivity contribution in [1.29, 1.82) is 0 Å². The quantitative estimate of drug-likeness (QED) is 0.850. The molecule has 0 radical (unpaired) electrons. The molecule has 0 amide bonds. The van der Waals surface area contributed by atoms with Crippen molar-refractivity contribution in [2.75, 3.05) is 19.3 Å². The fourth-order valence-corrected chi connectivity index (χ4v) is 2.45. The molecule has 0 unspecified atom stereocenters. The van der Waals surface area contributed by atoms with Crippen LogP contribution in [0, 0.1) is 0 Å². The SMILES string of the molecule is CNCCc1sc(N)nc1-c1ccccc1. The molecule has 0 atom stereocenters. The molecule has 0 saturated heterocycles. The van der Waals surface area contributed by atoms with Gasteiger partial charge in [0, 0.05) is 10.4 Å². The van der Waals surface area contributed by atoms with Gasteiger partial charge in [-0.2, -0.15) is 0 Å². The number of nitrogens with zero attached hydrogens (tertiary/aromatic N) is 1. The van der Waals surface area contributed by atoms with Crippen LogP contribution >= 0.6 is 11.3 Å². The lowest BCUT2D eigenvalue weighted by Crippen LogP contribution is -2.09. The third-order valence-electron chi connectivity index (χ3n) is 2.36. The second-order valence-corrected chi connectivity index (χ2v) is 4.66. The summed E-state index contributed by atoms with van der Waals surface area (Å²) in [6.07, 6.45) is 0.968. The molecule has 0 saturated carbocycles. The van der Waals surface area contributed by atoms with E-state index in [0.717, 1.165) is 24.2 Å². The Hall–Kier alpha value is -1.39. The lowest BCUT2D eigenvalue weighted by atomic mass is 10.1. The van der Waals surface area contributed by atoms with E-state index in [1.54, 1.807) is 11.3 Å². The summed E-state index contributed by atoms with van der Waals surface area (Å²) in [4.78, 5) is 5.65. The summed E-state index contributed by atoms with van der Waals surface area (Å²) in [6.45, 7) is 0.946. The van der Waals surface area contributed by atoms with Gasteiger partial charge < -0.3 is 11.1 Å². The van der Waals surface area contributed by atoms with Crippen molar-refractivity contribution in [1.82, 2.24) is 10.3 Å². The standard InChI is InChI=1S/C12H15N3S/c1-14-8-7-10-11(15-12(13)16-10)9-5-3-2-4-6-9/h2-6,14H,7-8H2,1H3,(H2,13,15). The molecule has 1 aromatic heterocycles. The summed E-state index contributed by atoms with van der Waals surface area (Å²) < 4.78 is 0. The van der Waals surface area contributed by atoms with Crippen molar-refractivity contribution in [2.45, 2.75) is 6.42 Å². The van der Waals surface area contributed by atoms with E-state index in [0.29, 0.717) is 5.13 Å². The Bertz CT molecular complexity index is 451.